The first-order valence-electron chi connectivity index (χ1n) is 13.3. The van der Waals surface area contributed by atoms with Gasteiger partial charge in [0.05, 0.1) is 6.61 Å². The molecule has 0 spiro atoms. The van der Waals surface area contributed by atoms with Crippen molar-refractivity contribution in [2.24, 2.45) is 0 Å². The Labute approximate surface area is 245 Å². The zero-order valence-electron chi connectivity index (χ0n) is 23.4. The summed E-state index contributed by atoms with van der Waals surface area (Å²) in [7, 11) is 0. The summed E-state index contributed by atoms with van der Waals surface area (Å²) in [5.74, 6) is 0.765. The molecule has 12 nitrogen and oxygen atoms in total. The first-order chi connectivity index (χ1) is 20.2. The van der Waals surface area contributed by atoms with Gasteiger partial charge in [0.2, 0.25) is 11.8 Å². The summed E-state index contributed by atoms with van der Waals surface area (Å²) in [6.07, 6.45) is -0.155. The maximum atomic E-state index is 13.3. The molecule has 2 aromatic carbocycles. The van der Waals surface area contributed by atoms with E-state index in [9.17, 15) is 14.4 Å². The number of aromatic nitrogens is 3. The number of carbonyl (C=O) groups excluding carboxylic acids is 3. The van der Waals surface area contributed by atoms with Crippen LogP contribution in [0.25, 0.3) is 11.5 Å². The molecule has 1 saturated heterocycles. The Morgan fingerprint density at radius 1 is 1.12 bits per heavy atom. The van der Waals surface area contributed by atoms with Crippen molar-refractivity contribution in [2.45, 2.75) is 46.3 Å². The molecule has 4 aromatic rings. The Balaban J connectivity index is 1.38. The third-order valence-corrected chi connectivity index (χ3v) is 7.06. The normalized spacial score (nSPS) is 14.7. The van der Waals surface area contributed by atoms with Crippen LogP contribution >= 0.6 is 11.3 Å². The fourth-order valence-electron chi connectivity index (χ4n) is 4.31. The van der Waals surface area contributed by atoms with Crippen LogP contribution in [-0.4, -0.2) is 63.2 Å². The van der Waals surface area contributed by atoms with E-state index in [0.717, 1.165) is 16.9 Å². The zero-order valence-corrected chi connectivity index (χ0v) is 24.3. The monoisotopic (exact) mass is 591 g/mol. The summed E-state index contributed by atoms with van der Waals surface area (Å²) >= 11 is 1.09. The minimum absolute atomic E-state index is 0.0546. The molecule has 1 aliphatic rings. The van der Waals surface area contributed by atoms with Crippen LogP contribution < -0.4 is 14.8 Å². The number of anilines is 1. The van der Waals surface area contributed by atoms with Crippen molar-refractivity contribution in [2.75, 3.05) is 18.5 Å². The van der Waals surface area contributed by atoms with Crippen molar-refractivity contribution < 1.29 is 33.0 Å². The predicted octanol–water partition coefficient (Wildman–Crippen LogP) is 5.11. The molecule has 2 aromatic heterocycles. The van der Waals surface area contributed by atoms with Crippen LogP contribution in [0.15, 0.2) is 52.3 Å². The number of aryl methyl sites for hydroxylation is 1. The highest BCUT2D eigenvalue weighted by Crippen LogP contribution is 2.31. The summed E-state index contributed by atoms with van der Waals surface area (Å²) in [6, 6.07) is 11.8. The summed E-state index contributed by atoms with van der Waals surface area (Å²) in [5.41, 5.74) is 1.03. The number of carbonyl (C=O) groups is 3. The van der Waals surface area contributed by atoms with Gasteiger partial charge in [-0.3, -0.25) is 14.9 Å². The fraction of sp³-hybridized carbons (Fsp3) is 0.310. The molecular weight excluding hydrogens is 562 g/mol. The molecule has 42 heavy (non-hydrogen) atoms. The van der Waals surface area contributed by atoms with Crippen LogP contribution in [0, 0.1) is 6.92 Å². The van der Waals surface area contributed by atoms with E-state index in [2.05, 4.69) is 20.5 Å². The maximum absolute atomic E-state index is 13.3. The number of amides is 2. The van der Waals surface area contributed by atoms with Gasteiger partial charge in [-0.05, 0) is 57.2 Å². The molecule has 218 valence electrons. The number of thiazole rings is 1. The fourth-order valence-corrected chi connectivity index (χ4v) is 4.98. The third kappa shape index (κ3) is 6.57. The van der Waals surface area contributed by atoms with E-state index >= 15 is 0 Å². The molecule has 0 bridgehead atoms. The molecule has 1 N–H and O–H groups in total. The van der Waals surface area contributed by atoms with Crippen molar-refractivity contribution in [3.8, 4) is 28.7 Å². The van der Waals surface area contributed by atoms with Crippen molar-refractivity contribution in [1.29, 1.82) is 0 Å². The number of benzene rings is 2. The van der Waals surface area contributed by atoms with Crippen LogP contribution in [0.1, 0.15) is 53.9 Å². The van der Waals surface area contributed by atoms with Crippen LogP contribution in [-0.2, 0) is 9.53 Å². The minimum Gasteiger partial charge on any atom is -0.480 e. The molecule has 1 unspecified atom stereocenters. The quantitative estimate of drug-likeness (QED) is 0.247. The van der Waals surface area contributed by atoms with Gasteiger partial charge in [-0.1, -0.05) is 0 Å². The third-order valence-electron chi connectivity index (χ3n) is 6.31. The van der Waals surface area contributed by atoms with Gasteiger partial charge in [0.15, 0.2) is 16.9 Å². The second-order valence-corrected chi connectivity index (χ2v) is 10.5. The average molecular weight is 592 g/mol. The lowest BCUT2D eigenvalue weighted by Crippen LogP contribution is -2.36. The average Bonchev–Trinajstić information content (AvgIpc) is 3.70. The summed E-state index contributed by atoms with van der Waals surface area (Å²) in [4.78, 5) is 44.0. The van der Waals surface area contributed by atoms with Gasteiger partial charge in [0.1, 0.15) is 17.2 Å². The summed E-state index contributed by atoms with van der Waals surface area (Å²) < 4.78 is 22.6. The number of esters is 1. The smallest absolute Gasteiger partial charge is 0.357 e. The lowest BCUT2D eigenvalue weighted by atomic mass is 10.1. The number of ether oxygens (including phenoxy) is 3. The van der Waals surface area contributed by atoms with Crippen LogP contribution in [0.2, 0.25) is 0 Å². The van der Waals surface area contributed by atoms with Crippen LogP contribution in [0.5, 0.6) is 17.2 Å². The zero-order chi connectivity index (χ0) is 29.8. The summed E-state index contributed by atoms with van der Waals surface area (Å²) in [5, 5.41) is 12.3. The lowest BCUT2D eigenvalue weighted by Gasteiger charge is -2.21. The van der Waals surface area contributed by atoms with E-state index in [1.54, 1.807) is 55.1 Å². The van der Waals surface area contributed by atoms with E-state index in [1.807, 2.05) is 13.8 Å². The van der Waals surface area contributed by atoms with Gasteiger partial charge in [-0.25, -0.2) is 9.78 Å². The second-order valence-electron chi connectivity index (χ2n) is 9.68. The summed E-state index contributed by atoms with van der Waals surface area (Å²) in [6.45, 7) is 8.12. The van der Waals surface area contributed by atoms with Crippen molar-refractivity contribution in [1.82, 2.24) is 20.1 Å². The van der Waals surface area contributed by atoms with E-state index in [-0.39, 0.29) is 34.9 Å². The number of rotatable bonds is 10. The lowest BCUT2D eigenvalue weighted by molar-refractivity contribution is -0.134. The molecule has 0 saturated carbocycles. The van der Waals surface area contributed by atoms with Crippen molar-refractivity contribution in [3.05, 3.63) is 65.0 Å². The predicted molar refractivity (Wildman–Crippen MR) is 153 cm³/mol. The minimum atomic E-state index is -0.679. The molecular formula is C29H29N5O7S. The number of nitrogens with zero attached hydrogens (tertiary/aromatic N) is 4. The molecule has 2 amide bonds. The number of likely N-dealkylation sites (tertiary alicyclic amines) is 1. The van der Waals surface area contributed by atoms with E-state index in [1.165, 1.54) is 11.4 Å². The second kappa shape index (κ2) is 12.4. The van der Waals surface area contributed by atoms with Gasteiger partial charge in [0.25, 0.3) is 11.8 Å². The SMILES string of the molecule is CCOC(=O)c1csc(NC(=O)c2cc(Oc3ccc(-c4nnc(C)o4)cc3)cc(OC3CCN(C(C)C)C3=O)c2)n1. The van der Waals surface area contributed by atoms with Gasteiger partial charge in [-0.2, -0.15) is 0 Å². The van der Waals surface area contributed by atoms with E-state index in [4.69, 9.17) is 18.6 Å². The van der Waals surface area contributed by atoms with Crippen LogP contribution in [0.4, 0.5) is 5.13 Å². The first-order valence-corrected chi connectivity index (χ1v) is 14.2. The Kier molecular flexibility index (Phi) is 8.48. The highest BCUT2D eigenvalue weighted by Gasteiger charge is 2.35. The Hall–Kier alpha value is -4.78. The van der Waals surface area contributed by atoms with Crippen molar-refractivity contribution in [3.63, 3.8) is 0 Å². The Morgan fingerprint density at radius 3 is 2.55 bits per heavy atom. The van der Waals surface area contributed by atoms with E-state index in [0.29, 0.717) is 42.0 Å². The largest absolute Gasteiger partial charge is 0.480 e. The maximum Gasteiger partial charge on any atom is 0.357 e. The molecule has 3 heterocycles. The molecule has 0 radical (unpaired) electrons. The molecule has 13 heteroatoms. The molecule has 1 aliphatic heterocycles. The van der Waals surface area contributed by atoms with Gasteiger partial charge in [-0.15, -0.1) is 21.5 Å². The van der Waals surface area contributed by atoms with E-state index < -0.39 is 18.0 Å². The number of nitrogens with one attached hydrogen (secondary N) is 1. The highest BCUT2D eigenvalue weighted by atomic mass is 32.1. The standard InChI is InChI=1S/C29H29N5O7S/c1-5-38-28(37)23-15-42-29(30-23)31-25(35)19-12-21(14-22(13-19)41-24-10-11-34(16(2)3)27(24)36)40-20-8-6-18(7-9-20)26-33-32-17(4)39-26/h6-9,12-16,24H,5,10-11H2,1-4H3,(H,30,31,35). The first kappa shape index (κ1) is 28.7. The van der Waals surface area contributed by atoms with Gasteiger partial charge >= 0.3 is 5.97 Å². The van der Waals surface area contributed by atoms with Gasteiger partial charge < -0.3 is 23.5 Å². The highest BCUT2D eigenvalue weighted by molar-refractivity contribution is 7.14. The molecule has 1 atom stereocenters. The molecule has 1 fully saturated rings. The Morgan fingerprint density at radius 2 is 1.88 bits per heavy atom. The number of hydrogen-bond donors (Lipinski definition) is 1. The van der Waals surface area contributed by atoms with Gasteiger partial charge in [0, 0.05) is 48.5 Å². The van der Waals surface area contributed by atoms with Crippen LogP contribution in [0.3, 0.4) is 0 Å². The Bertz CT molecular complexity index is 1600. The topological polar surface area (TPSA) is 146 Å². The molecule has 0 aliphatic carbocycles. The van der Waals surface area contributed by atoms with Crippen molar-refractivity contribution >= 4 is 34.3 Å². The molecule has 5 rings (SSSR count). The number of hydrogen-bond acceptors (Lipinski definition) is 11.